The molecule has 0 aliphatic carbocycles. The molecule has 7 heteroatoms. The maximum absolute atomic E-state index is 11.0. The molecule has 21 heavy (non-hydrogen) atoms. The molecule has 0 saturated carbocycles. The predicted molar refractivity (Wildman–Crippen MR) is 85.8 cm³/mol. The third-order valence-electron chi connectivity index (χ3n) is 2.85. The summed E-state index contributed by atoms with van der Waals surface area (Å²) in [5, 5.41) is 6.12. The number of nitrogens with zero attached hydrogens (tertiary/aromatic N) is 1. The van der Waals surface area contributed by atoms with E-state index in [-0.39, 0.29) is 5.75 Å². The van der Waals surface area contributed by atoms with Crippen LogP contribution in [0.25, 0.3) is 0 Å². The van der Waals surface area contributed by atoms with Crippen LogP contribution in [0, 0.1) is 0 Å². The van der Waals surface area contributed by atoms with Gasteiger partial charge in [-0.3, -0.25) is 4.99 Å². The van der Waals surface area contributed by atoms with E-state index in [1.165, 1.54) is 11.8 Å². The number of aliphatic imine (C=N–C) groups is 1. The van der Waals surface area contributed by atoms with Gasteiger partial charge in [0, 0.05) is 26.4 Å². The molecule has 0 aromatic heterocycles. The van der Waals surface area contributed by atoms with E-state index in [0.717, 1.165) is 12.2 Å². The quantitative estimate of drug-likeness (QED) is 0.564. The molecule has 118 valence electrons. The second-order valence-corrected chi connectivity index (χ2v) is 6.91. The highest BCUT2D eigenvalue weighted by molar-refractivity contribution is 7.90. The van der Waals surface area contributed by atoms with Crippen molar-refractivity contribution in [3.8, 4) is 5.75 Å². The van der Waals surface area contributed by atoms with Crippen molar-refractivity contribution >= 4 is 15.8 Å². The molecule has 0 spiro atoms. The Labute approximate surface area is 126 Å². The fourth-order valence-electron chi connectivity index (χ4n) is 1.69. The van der Waals surface area contributed by atoms with Gasteiger partial charge in [-0.25, -0.2) is 8.42 Å². The maximum Gasteiger partial charge on any atom is 0.191 e. The summed E-state index contributed by atoms with van der Waals surface area (Å²) in [5.74, 6) is 1.53. The van der Waals surface area contributed by atoms with Crippen molar-refractivity contribution in [2.45, 2.75) is 6.42 Å². The maximum atomic E-state index is 11.0. The Bertz CT molecular complexity index is 553. The number of hydrogen-bond donors (Lipinski definition) is 2. The van der Waals surface area contributed by atoms with Gasteiger partial charge in [0.05, 0.1) is 12.9 Å². The summed E-state index contributed by atoms with van der Waals surface area (Å²) in [6, 6.07) is 7.88. The van der Waals surface area contributed by atoms with Crippen molar-refractivity contribution < 1.29 is 13.2 Å². The van der Waals surface area contributed by atoms with Crippen LogP contribution >= 0.6 is 0 Å². The average Bonchev–Trinajstić information content (AvgIpc) is 2.45. The number of methoxy groups -OCH3 is 1. The van der Waals surface area contributed by atoms with Crippen LogP contribution in [0.3, 0.4) is 0 Å². The van der Waals surface area contributed by atoms with Crippen LogP contribution < -0.4 is 15.4 Å². The molecule has 0 radical (unpaired) electrons. The van der Waals surface area contributed by atoms with Crippen LogP contribution in [-0.4, -0.2) is 53.6 Å². The van der Waals surface area contributed by atoms with Crippen LogP contribution in [-0.2, 0) is 16.3 Å². The number of benzene rings is 1. The average molecular weight is 313 g/mol. The van der Waals surface area contributed by atoms with Gasteiger partial charge >= 0.3 is 0 Å². The molecule has 0 bridgehead atoms. The van der Waals surface area contributed by atoms with E-state index in [2.05, 4.69) is 15.6 Å². The van der Waals surface area contributed by atoms with Gasteiger partial charge in [-0.05, 0) is 24.1 Å². The number of ether oxygens (including phenoxy) is 1. The van der Waals surface area contributed by atoms with Gasteiger partial charge < -0.3 is 15.4 Å². The van der Waals surface area contributed by atoms with Crippen LogP contribution in [0.1, 0.15) is 5.56 Å². The van der Waals surface area contributed by atoms with Gasteiger partial charge in [0.1, 0.15) is 15.6 Å². The topological polar surface area (TPSA) is 79.8 Å². The lowest BCUT2D eigenvalue weighted by molar-refractivity contribution is 0.414. The van der Waals surface area contributed by atoms with Gasteiger partial charge in [-0.15, -0.1) is 0 Å². The lowest BCUT2D eigenvalue weighted by atomic mass is 10.1. The minimum absolute atomic E-state index is 0.0895. The molecule has 0 unspecified atom stereocenters. The summed E-state index contributed by atoms with van der Waals surface area (Å²) in [5.41, 5.74) is 1.19. The third kappa shape index (κ3) is 7.55. The summed E-state index contributed by atoms with van der Waals surface area (Å²) in [4.78, 5) is 4.05. The number of hydrogen-bond acceptors (Lipinski definition) is 4. The molecular weight excluding hydrogens is 290 g/mol. The van der Waals surface area contributed by atoms with E-state index in [4.69, 9.17) is 4.74 Å². The van der Waals surface area contributed by atoms with Gasteiger partial charge in [-0.2, -0.15) is 0 Å². The number of rotatable bonds is 7. The van der Waals surface area contributed by atoms with Crippen molar-refractivity contribution in [1.29, 1.82) is 0 Å². The summed E-state index contributed by atoms with van der Waals surface area (Å²) >= 11 is 0. The molecule has 1 rings (SSSR count). The van der Waals surface area contributed by atoms with E-state index in [1.54, 1.807) is 14.2 Å². The van der Waals surface area contributed by atoms with E-state index in [0.29, 0.717) is 19.0 Å². The van der Waals surface area contributed by atoms with Crippen LogP contribution in [0.5, 0.6) is 5.75 Å². The molecule has 0 aliphatic heterocycles. The lowest BCUT2D eigenvalue weighted by Crippen LogP contribution is -2.40. The monoisotopic (exact) mass is 313 g/mol. The molecule has 0 heterocycles. The number of guanidine groups is 1. The zero-order valence-corrected chi connectivity index (χ0v) is 13.5. The fraction of sp³-hybridized carbons (Fsp3) is 0.500. The van der Waals surface area contributed by atoms with Crippen LogP contribution in [0.4, 0.5) is 0 Å². The zero-order valence-electron chi connectivity index (χ0n) is 12.7. The van der Waals surface area contributed by atoms with Gasteiger partial charge in [0.2, 0.25) is 0 Å². The molecule has 0 atom stereocenters. The third-order valence-corrected chi connectivity index (χ3v) is 3.80. The summed E-state index contributed by atoms with van der Waals surface area (Å²) in [6.07, 6.45) is 2.06. The van der Waals surface area contributed by atoms with Crippen molar-refractivity contribution in [3.05, 3.63) is 29.8 Å². The van der Waals surface area contributed by atoms with Crippen molar-refractivity contribution in [2.75, 3.05) is 39.3 Å². The Hall–Kier alpha value is -1.76. The Kier molecular flexibility index (Phi) is 7.01. The minimum atomic E-state index is -2.96. The van der Waals surface area contributed by atoms with Gasteiger partial charge in [0.25, 0.3) is 0 Å². The molecule has 1 aromatic rings. The first-order chi connectivity index (χ1) is 9.94. The Balaban J connectivity index is 2.31. The largest absolute Gasteiger partial charge is 0.497 e. The molecule has 2 N–H and O–H groups in total. The first-order valence-corrected chi connectivity index (χ1v) is 8.76. The highest BCUT2D eigenvalue weighted by Crippen LogP contribution is 2.11. The van der Waals surface area contributed by atoms with Crippen molar-refractivity contribution in [3.63, 3.8) is 0 Å². The second-order valence-electron chi connectivity index (χ2n) is 4.65. The lowest BCUT2D eigenvalue weighted by Gasteiger charge is -2.11. The summed E-state index contributed by atoms with van der Waals surface area (Å²) < 4.78 is 27.2. The minimum Gasteiger partial charge on any atom is -0.497 e. The Morgan fingerprint density at radius 1 is 1.19 bits per heavy atom. The Morgan fingerprint density at radius 2 is 1.81 bits per heavy atom. The molecule has 1 aromatic carbocycles. The standard InChI is InChI=1S/C14H23N3O3S/c1-15-14(17-10-11-21(3,18)19)16-9-8-12-4-6-13(20-2)7-5-12/h4-7H,8-11H2,1-3H3,(H2,15,16,17). The smallest absolute Gasteiger partial charge is 0.191 e. The molecule has 0 saturated heterocycles. The molecule has 0 aliphatic rings. The van der Waals surface area contributed by atoms with Crippen molar-refractivity contribution in [2.24, 2.45) is 4.99 Å². The SMILES string of the molecule is CN=C(NCCc1ccc(OC)cc1)NCCS(C)(=O)=O. The number of nitrogens with one attached hydrogen (secondary N) is 2. The molecule has 0 amide bonds. The van der Waals surface area contributed by atoms with Gasteiger partial charge in [0.15, 0.2) is 5.96 Å². The highest BCUT2D eigenvalue weighted by atomic mass is 32.2. The first-order valence-electron chi connectivity index (χ1n) is 6.70. The first kappa shape index (κ1) is 17.3. The van der Waals surface area contributed by atoms with E-state index >= 15 is 0 Å². The Morgan fingerprint density at radius 3 is 2.33 bits per heavy atom. The van der Waals surface area contributed by atoms with E-state index in [1.807, 2.05) is 24.3 Å². The van der Waals surface area contributed by atoms with Crippen LogP contribution in [0.2, 0.25) is 0 Å². The van der Waals surface area contributed by atoms with E-state index < -0.39 is 9.84 Å². The molecule has 0 fully saturated rings. The highest BCUT2D eigenvalue weighted by Gasteiger charge is 2.03. The second kappa shape index (κ2) is 8.51. The number of sulfone groups is 1. The van der Waals surface area contributed by atoms with Crippen molar-refractivity contribution in [1.82, 2.24) is 10.6 Å². The fourth-order valence-corrected chi connectivity index (χ4v) is 2.17. The predicted octanol–water partition coefficient (Wildman–Crippen LogP) is 0.447. The van der Waals surface area contributed by atoms with E-state index in [9.17, 15) is 8.42 Å². The normalized spacial score (nSPS) is 12.0. The summed E-state index contributed by atoms with van der Waals surface area (Å²) in [6.45, 7) is 1.06. The van der Waals surface area contributed by atoms with Crippen LogP contribution in [0.15, 0.2) is 29.3 Å². The zero-order chi connectivity index (χ0) is 15.7. The van der Waals surface area contributed by atoms with Gasteiger partial charge in [-0.1, -0.05) is 12.1 Å². The molecular formula is C14H23N3O3S. The molecule has 6 nitrogen and oxygen atoms in total. The summed E-state index contributed by atoms with van der Waals surface area (Å²) in [7, 11) is 0.342.